The van der Waals surface area contributed by atoms with Crippen LogP contribution in [0.4, 0.5) is 15.0 Å². The third-order valence-electron chi connectivity index (χ3n) is 5.97. The van der Waals surface area contributed by atoms with Crippen LogP contribution in [0.5, 0.6) is 0 Å². The first-order chi connectivity index (χ1) is 17.2. The maximum atomic E-state index is 13.1. The molecule has 1 saturated heterocycles. The van der Waals surface area contributed by atoms with Crippen LogP contribution in [0.1, 0.15) is 26.8 Å². The van der Waals surface area contributed by atoms with Crippen LogP contribution in [0.15, 0.2) is 18.3 Å². The van der Waals surface area contributed by atoms with Gasteiger partial charge >= 0.3 is 6.09 Å². The number of methoxy groups -OCH3 is 1. The SMILES string of the molecule is COC(=O)N1CC[C@H](NC(=S)C(=O)Nc2ccc(F)cn2)[C@H](NC(=O)c2nc3c(s2)CN(C)CC3)C1.Cl. The first kappa shape index (κ1) is 28.6. The molecule has 2 aromatic rings. The number of carbonyl (C=O) groups excluding carboxylic acids is 3. The van der Waals surface area contributed by atoms with Crippen LogP contribution in [-0.2, 0) is 22.5 Å². The molecule has 3 N–H and O–H groups in total. The topological polar surface area (TPSA) is 129 Å². The molecular formula is C22H27ClFN7O4S2. The summed E-state index contributed by atoms with van der Waals surface area (Å²) < 4.78 is 17.9. The van der Waals surface area contributed by atoms with Crippen molar-refractivity contribution >= 4 is 64.7 Å². The average molecular weight is 572 g/mol. The molecule has 0 aromatic carbocycles. The fourth-order valence-electron chi connectivity index (χ4n) is 4.07. The lowest BCUT2D eigenvalue weighted by atomic mass is 9.99. The Labute approximate surface area is 228 Å². The van der Waals surface area contributed by atoms with E-state index in [1.54, 1.807) is 0 Å². The van der Waals surface area contributed by atoms with Gasteiger partial charge in [0.2, 0.25) is 0 Å². The standard InChI is InChI=1S/C22H26FN7O4S2.ClH/c1-29-7-5-14-16(11-29)36-21(27-14)19(32)25-15-10-30(22(33)34-2)8-6-13(15)26-20(35)18(31)28-17-4-3-12(23)9-24-17;/h3-4,9,13,15H,5-8,10-11H2,1-2H3,(H,25,32)(H,26,35)(H,24,28,31);1H/t13-,15+;/m0./s1. The number of likely N-dealkylation sites (N-methyl/N-ethyl adjacent to an activating group) is 1. The van der Waals surface area contributed by atoms with Crippen molar-refractivity contribution in [1.82, 2.24) is 30.4 Å². The number of nitrogens with one attached hydrogen (secondary N) is 3. The number of hydrogen-bond donors (Lipinski definition) is 3. The number of nitrogens with zero attached hydrogens (tertiary/aromatic N) is 4. The molecule has 37 heavy (non-hydrogen) atoms. The number of amides is 3. The van der Waals surface area contributed by atoms with Crippen molar-refractivity contribution in [1.29, 1.82) is 0 Å². The zero-order valence-corrected chi connectivity index (χ0v) is 22.6. The zero-order valence-electron chi connectivity index (χ0n) is 20.2. The minimum Gasteiger partial charge on any atom is -0.453 e. The number of fused-ring (bicyclic) bond motifs is 1. The summed E-state index contributed by atoms with van der Waals surface area (Å²) in [6.45, 7) is 2.13. The van der Waals surface area contributed by atoms with E-state index < -0.39 is 29.9 Å². The summed E-state index contributed by atoms with van der Waals surface area (Å²) in [5, 5.41) is 8.80. The van der Waals surface area contributed by atoms with Gasteiger partial charge in [-0.2, -0.15) is 0 Å². The number of thiocarbonyl (C=S) groups is 1. The van der Waals surface area contributed by atoms with Crippen LogP contribution >= 0.6 is 36.0 Å². The predicted molar refractivity (Wildman–Crippen MR) is 142 cm³/mol. The second-order valence-electron chi connectivity index (χ2n) is 8.56. The van der Waals surface area contributed by atoms with Crippen molar-refractivity contribution in [3.05, 3.63) is 39.7 Å². The van der Waals surface area contributed by atoms with E-state index in [1.165, 1.54) is 35.5 Å². The number of anilines is 1. The van der Waals surface area contributed by atoms with Crippen molar-refractivity contribution in [2.75, 3.05) is 39.1 Å². The molecule has 1 fully saturated rings. The Balaban J connectivity index is 0.00000380. The highest BCUT2D eigenvalue weighted by molar-refractivity contribution is 7.82. The van der Waals surface area contributed by atoms with Gasteiger partial charge in [0.1, 0.15) is 11.6 Å². The molecular weight excluding hydrogens is 545 g/mol. The van der Waals surface area contributed by atoms with Gasteiger partial charge in [-0.3, -0.25) is 9.59 Å². The van der Waals surface area contributed by atoms with Crippen LogP contribution in [0.25, 0.3) is 0 Å². The quantitative estimate of drug-likeness (QED) is 0.468. The number of thiazole rings is 1. The minimum atomic E-state index is -0.624. The van der Waals surface area contributed by atoms with Crippen molar-refractivity contribution < 1.29 is 23.5 Å². The number of piperidine rings is 1. The lowest BCUT2D eigenvalue weighted by Crippen LogP contribution is -2.62. The molecule has 0 unspecified atom stereocenters. The van der Waals surface area contributed by atoms with Gasteiger partial charge in [0.15, 0.2) is 10.00 Å². The number of ether oxygens (including phenoxy) is 1. The summed E-state index contributed by atoms with van der Waals surface area (Å²) >= 11 is 6.61. The minimum absolute atomic E-state index is 0. The number of aromatic nitrogens is 2. The van der Waals surface area contributed by atoms with E-state index in [1.807, 2.05) is 7.05 Å². The number of hydrogen-bond acceptors (Lipinski definition) is 9. The average Bonchev–Trinajstić information content (AvgIpc) is 3.29. The molecule has 2 aliphatic rings. The van der Waals surface area contributed by atoms with E-state index in [0.717, 1.165) is 36.3 Å². The van der Waals surface area contributed by atoms with Crippen LogP contribution in [-0.4, -0.2) is 88.5 Å². The van der Waals surface area contributed by atoms with Gasteiger partial charge in [0, 0.05) is 37.5 Å². The normalized spacial score (nSPS) is 19.2. The molecule has 0 saturated carbocycles. The molecule has 0 bridgehead atoms. The molecule has 15 heteroatoms. The van der Waals surface area contributed by atoms with E-state index in [9.17, 15) is 18.8 Å². The Morgan fingerprint density at radius 2 is 2.00 bits per heavy atom. The number of carbonyl (C=O) groups is 3. The van der Waals surface area contributed by atoms with Gasteiger partial charge in [-0.1, -0.05) is 12.2 Å². The Kier molecular flexibility index (Phi) is 9.70. The Hall–Kier alpha value is -2.94. The number of rotatable bonds is 4. The molecule has 2 atom stereocenters. The highest BCUT2D eigenvalue weighted by Gasteiger charge is 2.35. The van der Waals surface area contributed by atoms with Gasteiger partial charge in [-0.05, 0) is 25.6 Å². The first-order valence-electron chi connectivity index (χ1n) is 11.3. The lowest BCUT2D eigenvalue weighted by Gasteiger charge is -2.38. The molecule has 3 amide bonds. The third kappa shape index (κ3) is 7.09. The predicted octanol–water partition coefficient (Wildman–Crippen LogP) is 1.58. The van der Waals surface area contributed by atoms with E-state index in [2.05, 4.69) is 30.8 Å². The van der Waals surface area contributed by atoms with Crippen LogP contribution in [0.3, 0.4) is 0 Å². The molecule has 0 spiro atoms. The summed E-state index contributed by atoms with van der Waals surface area (Å²) in [6, 6.07) is 1.49. The maximum Gasteiger partial charge on any atom is 0.409 e. The highest BCUT2D eigenvalue weighted by atomic mass is 35.5. The summed E-state index contributed by atoms with van der Waals surface area (Å²) in [5.74, 6) is -1.36. The highest BCUT2D eigenvalue weighted by Crippen LogP contribution is 2.25. The summed E-state index contributed by atoms with van der Waals surface area (Å²) in [6.07, 6.45) is 1.66. The van der Waals surface area contributed by atoms with E-state index in [0.29, 0.717) is 18.0 Å². The summed E-state index contributed by atoms with van der Waals surface area (Å²) in [7, 11) is 3.31. The smallest absolute Gasteiger partial charge is 0.409 e. The van der Waals surface area contributed by atoms with Crippen LogP contribution < -0.4 is 16.0 Å². The molecule has 4 heterocycles. The molecule has 4 rings (SSSR count). The number of halogens is 2. The third-order valence-corrected chi connectivity index (χ3v) is 7.35. The van der Waals surface area contributed by atoms with Crippen LogP contribution in [0.2, 0.25) is 0 Å². The lowest BCUT2D eigenvalue weighted by molar-refractivity contribution is -0.110. The Morgan fingerprint density at radius 1 is 1.22 bits per heavy atom. The van der Waals surface area contributed by atoms with Gasteiger partial charge in [0.05, 0.1) is 31.1 Å². The monoisotopic (exact) mass is 571 g/mol. The Bertz CT molecular complexity index is 1170. The van der Waals surface area contributed by atoms with Crippen molar-refractivity contribution in [3.8, 4) is 0 Å². The fraction of sp³-hybridized carbons (Fsp3) is 0.455. The van der Waals surface area contributed by atoms with Crippen molar-refractivity contribution in [3.63, 3.8) is 0 Å². The molecule has 0 radical (unpaired) electrons. The largest absolute Gasteiger partial charge is 0.453 e. The van der Waals surface area contributed by atoms with Gasteiger partial charge < -0.3 is 30.5 Å². The summed E-state index contributed by atoms with van der Waals surface area (Å²) in [4.78, 5) is 50.7. The van der Waals surface area contributed by atoms with E-state index >= 15 is 0 Å². The molecule has 2 aromatic heterocycles. The molecule has 11 nitrogen and oxygen atoms in total. The molecule has 200 valence electrons. The summed E-state index contributed by atoms with van der Waals surface area (Å²) in [5.41, 5.74) is 0.935. The second kappa shape index (κ2) is 12.5. The van der Waals surface area contributed by atoms with Gasteiger partial charge in [0.25, 0.3) is 11.8 Å². The fourth-order valence-corrected chi connectivity index (χ4v) is 5.37. The zero-order chi connectivity index (χ0) is 25.8. The maximum absolute atomic E-state index is 13.1. The van der Waals surface area contributed by atoms with Crippen molar-refractivity contribution in [2.45, 2.75) is 31.5 Å². The van der Waals surface area contributed by atoms with E-state index in [4.69, 9.17) is 17.0 Å². The van der Waals surface area contributed by atoms with Gasteiger partial charge in [-0.25, -0.2) is 19.2 Å². The Morgan fingerprint density at radius 3 is 2.70 bits per heavy atom. The molecule has 2 aliphatic heterocycles. The number of likely N-dealkylation sites (tertiary alicyclic amines) is 1. The second-order valence-corrected chi connectivity index (χ2v) is 10.0. The van der Waals surface area contributed by atoms with Crippen molar-refractivity contribution in [2.24, 2.45) is 0 Å². The van der Waals surface area contributed by atoms with Gasteiger partial charge in [-0.15, -0.1) is 23.7 Å². The first-order valence-corrected chi connectivity index (χ1v) is 12.5. The van der Waals surface area contributed by atoms with E-state index in [-0.39, 0.29) is 35.7 Å². The van der Waals surface area contributed by atoms with Crippen LogP contribution in [0, 0.1) is 5.82 Å². The number of pyridine rings is 1. The molecule has 0 aliphatic carbocycles.